The molecule has 5 nitrogen and oxygen atoms in total. The van der Waals surface area contributed by atoms with E-state index in [1.54, 1.807) is 0 Å². The monoisotopic (exact) mass is 435 g/mol. The van der Waals surface area contributed by atoms with Crippen LogP contribution in [0.1, 0.15) is 28.7 Å². The van der Waals surface area contributed by atoms with Gasteiger partial charge in [-0.25, -0.2) is 0 Å². The van der Waals surface area contributed by atoms with Gasteiger partial charge in [-0.05, 0) is 37.3 Å². The number of rotatable bonds is 7. The number of ether oxygens (including phenoxy) is 1. The summed E-state index contributed by atoms with van der Waals surface area (Å²) in [5.74, 6) is 0.723. The summed E-state index contributed by atoms with van der Waals surface area (Å²) in [6.07, 6.45) is 0.960. The Labute approximate surface area is 192 Å². The molecule has 2 heterocycles. The standard InChI is InChI=1S/C27H37N3O2/c1-21-12-22(2)14-24(13-21)16-28-27(31)26-15-25(18-29-8-10-32-11-9-29)19-30(20-26)17-23-6-4-3-5-7-23/h3-7,12-14,25-26H,8-11,15-20H2,1-2H3,(H,28,31)/t25-,26-/m1/s1. The summed E-state index contributed by atoms with van der Waals surface area (Å²) in [6.45, 7) is 12.3. The van der Waals surface area contributed by atoms with Gasteiger partial charge < -0.3 is 10.1 Å². The molecule has 2 fully saturated rings. The first-order valence-electron chi connectivity index (χ1n) is 12.0. The van der Waals surface area contributed by atoms with Gasteiger partial charge in [0, 0.05) is 45.8 Å². The van der Waals surface area contributed by atoms with Gasteiger partial charge >= 0.3 is 0 Å². The Kier molecular flexibility index (Phi) is 7.95. The molecular formula is C27H37N3O2. The highest BCUT2D eigenvalue weighted by Crippen LogP contribution is 2.25. The van der Waals surface area contributed by atoms with Gasteiger partial charge in [-0.3, -0.25) is 14.6 Å². The van der Waals surface area contributed by atoms with Crippen molar-refractivity contribution in [1.29, 1.82) is 0 Å². The third-order valence-corrected chi connectivity index (χ3v) is 6.60. The number of likely N-dealkylation sites (tertiary alicyclic amines) is 1. The third-order valence-electron chi connectivity index (χ3n) is 6.60. The van der Waals surface area contributed by atoms with Crippen LogP contribution in [0.25, 0.3) is 0 Å². The van der Waals surface area contributed by atoms with Crippen LogP contribution in [0.4, 0.5) is 0 Å². The zero-order valence-corrected chi connectivity index (χ0v) is 19.6. The van der Waals surface area contributed by atoms with E-state index in [4.69, 9.17) is 4.74 Å². The van der Waals surface area contributed by atoms with Gasteiger partial charge in [-0.2, -0.15) is 0 Å². The molecule has 2 aromatic carbocycles. The van der Waals surface area contributed by atoms with Crippen molar-refractivity contribution in [3.05, 3.63) is 70.8 Å². The number of carbonyl (C=O) groups excluding carboxylic acids is 1. The Morgan fingerprint density at radius 1 is 0.969 bits per heavy atom. The fourth-order valence-electron chi connectivity index (χ4n) is 5.25. The Hall–Kier alpha value is -2.21. The molecule has 1 N–H and O–H groups in total. The summed E-state index contributed by atoms with van der Waals surface area (Å²) >= 11 is 0. The Morgan fingerprint density at radius 2 is 1.69 bits per heavy atom. The number of nitrogens with zero attached hydrogens (tertiary/aromatic N) is 2. The van der Waals surface area contributed by atoms with Crippen LogP contribution in [-0.4, -0.2) is 61.6 Å². The molecule has 2 saturated heterocycles. The fraction of sp³-hybridized carbons (Fsp3) is 0.519. The van der Waals surface area contributed by atoms with Gasteiger partial charge in [0.2, 0.25) is 5.91 Å². The predicted octanol–water partition coefficient (Wildman–Crippen LogP) is 3.39. The van der Waals surface area contributed by atoms with Crippen LogP contribution in [0.3, 0.4) is 0 Å². The second-order valence-corrected chi connectivity index (χ2v) is 9.61. The molecule has 2 atom stereocenters. The lowest BCUT2D eigenvalue weighted by Gasteiger charge is -2.40. The van der Waals surface area contributed by atoms with Crippen LogP contribution < -0.4 is 5.32 Å². The number of amides is 1. The van der Waals surface area contributed by atoms with Crippen LogP contribution in [0.2, 0.25) is 0 Å². The summed E-state index contributed by atoms with van der Waals surface area (Å²) in [5, 5.41) is 3.23. The zero-order chi connectivity index (χ0) is 22.3. The summed E-state index contributed by atoms with van der Waals surface area (Å²) in [5.41, 5.74) is 4.98. The minimum atomic E-state index is 0.0319. The van der Waals surface area contributed by atoms with E-state index in [9.17, 15) is 4.79 Å². The van der Waals surface area contributed by atoms with Crippen molar-refractivity contribution >= 4 is 5.91 Å². The maximum absolute atomic E-state index is 13.2. The fourth-order valence-corrected chi connectivity index (χ4v) is 5.25. The number of aryl methyl sites for hydroxylation is 2. The van der Waals surface area contributed by atoms with Crippen LogP contribution in [-0.2, 0) is 22.6 Å². The smallest absolute Gasteiger partial charge is 0.224 e. The lowest BCUT2D eigenvalue weighted by atomic mass is 9.87. The average Bonchev–Trinajstić information content (AvgIpc) is 2.78. The second kappa shape index (κ2) is 11.1. The number of piperidine rings is 1. The van der Waals surface area contributed by atoms with Crippen molar-refractivity contribution in [2.24, 2.45) is 11.8 Å². The van der Waals surface area contributed by atoms with Crippen molar-refractivity contribution in [2.45, 2.75) is 33.4 Å². The largest absolute Gasteiger partial charge is 0.379 e. The predicted molar refractivity (Wildman–Crippen MR) is 128 cm³/mol. The van der Waals surface area contributed by atoms with E-state index in [-0.39, 0.29) is 11.8 Å². The van der Waals surface area contributed by atoms with Crippen molar-refractivity contribution in [2.75, 3.05) is 45.9 Å². The van der Waals surface area contributed by atoms with Gasteiger partial charge in [0.15, 0.2) is 0 Å². The highest BCUT2D eigenvalue weighted by Gasteiger charge is 2.32. The molecule has 2 aromatic rings. The molecule has 4 rings (SSSR count). The summed E-state index contributed by atoms with van der Waals surface area (Å²) in [7, 11) is 0. The lowest BCUT2D eigenvalue weighted by Crippen LogP contribution is -2.49. The van der Waals surface area contributed by atoms with E-state index < -0.39 is 0 Å². The number of morpholine rings is 1. The highest BCUT2D eigenvalue weighted by atomic mass is 16.5. The second-order valence-electron chi connectivity index (χ2n) is 9.61. The van der Waals surface area contributed by atoms with Crippen LogP contribution in [0, 0.1) is 25.7 Å². The molecule has 0 bridgehead atoms. The highest BCUT2D eigenvalue weighted by molar-refractivity contribution is 5.79. The van der Waals surface area contributed by atoms with E-state index in [1.165, 1.54) is 22.3 Å². The molecule has 0 unspecified atom stereocenters. The van der Waals surface area contributed by atoms with Gasteiger partial charge in [-0.1, -0.05) is 59.7 Å². The molecule has 32 heavy (non-hydrogen) atoms. The molecular weight excluding hydrogens is 398 g/mol. The molecule has 1 amide bonds. The molecule has 0 saturated carbocycles. The molecule has 2 aliphatic rings. The van der Waals surface area contributed by atoms with Crippen LogP contribution in [0.5, 0.6) is 0 Å². The van der Waals surface area contributed by atoms with Gasteiger partial charge in [0.05, 0.1) is 19.1 Å². The van der Waals surface area contributed by atoms with Gasteiger partial charge in [0.25, 0.3) is 0 Å². The first-order valence-corrected chi connectivity index (χ1v) is 12.0. The van der Waals surface area contributed by atoms with E-state index in [2.05, 4.69) is 77.5 Å². The zero-order valence-electron chi connectivity index (χ0n) is 19.6. The molecule has 0 spiro atoms. The minimum Gasteiger partial charge on any atom is -0.379 e. The molecule has 5 heteroatoms. The third kappa shape index (κ3) is 6.64. The number of hydrogen-bond acceptors (Lipinski definition) is 4. The van der Waals surface area contributed by atoms with Crippen molar-refractivity contribution < 1.29 is 9.53 Å². The van der Waals surface area contributed by atoms with Crippen molar-refractivity contribution in [3.8, 4) is 0 Å². The summed E-state index contributed by atoms with van der Waals surface area (Å²) in [4.78, 5) is 18.2. The molecule has 2 aliphatic heterocycles. The topological polar surface area (TPSA) is 44.8 Å². The number of hydrogen-bond donors (Lipinski definition) is 1. The molecule has 172 valence electrons. The maximum Gasteiger partial charge on any atom is 0.224 e. The van der Waals surface area contributed by atoms with Gasteiger partial charge in [0.1, 0.15) is 0 Å². The first kappa shape index (κ1) is 23.0. The molecule has 0 aromatic heterocycles. The number of nitrogens with one attached hydrogen (secondary N) is 1. The number of carbonyl (C=O) groups is 1. The molecule has 0 aliphatic carbocycles. The minimum absolute atomic E-state index is 0.0319. The lowest BCUT2D eigenvalue weighted by molar-refractivity contribution is -0.128. The summed E-state index contributed by atoms with van der Waals surface area (Å²) in [6, 6.07) is 17.1. The van der Waals surface area contributed by atoms with Gasteiger partial charge in [-0.15, -0.1) is 0 Å². The normalized spacial score (nSPS) is 22.6. The van der Waals surface area contributed by atoms with E-state index in [0.29, 0.717) is 12.5 Å². The van der Waals surface area contributed by atoms with Crippen LogP contribution in [0.15, 0.2) is 48.5 Å². The van der Waals surface area contributed by atoms with Crippen LogP contribution >= 0.6 is 0 Å². The quantitative estimate of drug-likeness (QED) is 0.724. The Morgan fingerprint density at radius 3 is 2.41 bits per heavy atom. The average molecular weight is 436 g/mol. The van der Waals surface area contributed by atoms with E-state index in [0.717, 1.165) is 58.9 Å². The Balaban J connectivity index is 1.40. The van der Waals surface area contributed by atoms with Crippen molar-refractivity contribution in [1.82, 2.24) is 15.1 Å². The maximum atomic E-state index is 13.2. The Bertz CT molecular complexity index is 859. The van der Waals surface area contributed by atoms with E-state index >= 15 is 0 Å². The SMILES string of the molecule is Cc1cc(C)cc(CNC(=O)[C@@H]2C[C@H](CN3CCOCC3)CN(Cc3ccccc3)C2)c1. The van der Waals surface area contributed by atoms with Crippen molar-refractivity contribution in [3.63, 3.8) is 0 Å². The van der Waals surface area contributed by atoms with E-state index in [1.807, 2.05) is 0 Å². The number of benzene rings is 2. The first-order chi connectivity index (χ1) is 15.5. The molecule has 0 radical (unpaired) electrons. The summed E-state index contributed by atoms with van der Waals surface area (Å²) < 4.78 is 5.52.